The number of carbonyl (C=O) groups excluding carboxylic acids is 2. The fraction of sp³-hybridized carbons (Fsp3) is 0.214. The van der Waals surface area contributed by atoms with Gasteiger partial charge in [0.1, 0.15) is 6.04 Å². The van der Waals surface area contributed by atoms with E-state index in [2.05, 4.69) is 15.4 Å². The number of carbonyl (C=O) groups is 2. The maximum atomic E-state index is 12.5. The van der Waals surface area contributed by atoms with E-state index in [0.29, 0.717) is 30.1 Å². The van der Waals surface area contributed by atoms with E-state index in [0.717, 1.165) is 16.8 Å². The molecule has 5 N–H and O–H groups in total. The fourth-order valence-corrected chi connectivity index (χ4v) is 3.67. The molecule has 0 radical (unpaired) electrons. The number of benzene rings is 2. The molecule has 2 heterocycles. The first kappa shape index (κ1) is 26.9. The lowest BCUT2D eigenvalue weighted by Crippen LogP contribution is -2.45. The molecule has 0 fully saturated rings. The highest BCUT2D eigenvalue weighted by Crippen LogP contribution is 2.26. The third-order valence-electron chi connectivity index (χ3n) is 5.53. The van der Waals surface area contributed by atoms with Gasteiger partial charge in [0.2, 0.25) is 17.7 Å². The predicted octanol–water partition coefficient (Wildman–Crippen LogP) is 3.52. The van der Waals surface area contributed by atoms with E-state index in [9.17, 15) is 9.59 Å². The first-order valence-corrected chi connectivity index (χ1v) is 11.6. The molecule has 0 aliphatic rings. The van der Waals surface area contributed by atoms with Crippen molar-refractivity contribution in [3.63, 3.8) is 0 Å². The van der Waals surface area contributed by atoms with Gasteiger partial charge in [0.25, 0.3) is 0 Å². The van der Waals surface area contributed by atoms with E-state index in [4.69, 9.17) is 16.2 Å². The summed E-state index contributed by atoms with van der Waals surface area (Å²) in [4.78, 5) is 28.4. The maximum absolute atomic E-state index is 12.5. The van der Waals surface area contributed by atoms with Gasteiger partial charge in [-0.15, -0.1) is 0 Å². The molecule has 9 heteroatoms. The van der Waals surface area contributed by atoms with Crippen LogP contribution < -0.4 is 21.5 Å². The summed E-state index contributed by atoms with van der Waals surface area (Å²) < 4.78 is 7.68. The Morgan fingerprint density at radius 1 is 1.03 bits per heavy atom. The second-order valence-electron chi connectivity index (χ2n) is 8.28. The van der Waals surface area contributed by atoms with Crippen LogP contribution >= 0.6 is 0 Å². The summed E-state index contributed by atoms with van der Waals surface area (Å²) in [5.74, 6) is -0.307. The molecule has 0 saturated heterocycles. The highest BCUT2D eigenvalue weighted by Gasteiger charge is 2.19. The van der Waals surface area contributed by atoms with E-state index in [1.54, 1.807) is 29.2 Å². The number of amides is 2. The highest BCUT2D eigenvalue weighted by atomic mass is 16.5. The number of nitrogens with one attached hydrogen (secondary N) is 1. The van der Waals surface area contributed by atoms with Crippen molar-refractivity contribution in [2.75, 3.05) is 12.3 Å². The normalized spacial score (nSPS) is 11.2. The summed E-state index contributed by atoms with van der Waals surface area (Å²) in [6, 6.07) is 21.5. The van der Waals surface area contributed by atoms with E-state index in [1.165, 1.54) is 0 Å². The molecule has 0 bridgehead atoms. The summed E-state index contributed by atoms with van der Waals surface area (Å²) in [5, 5.41) is 7.40. The largest absolute Gasteiger partial charge is 0.478 e. The highest BCUT2D eigenvalue weighted by molar-refractivity contribution is 5.86. The molecule has 0 spiro atoms. The molecule has 37 heavy (non-hydrogen) atoms. The van der Waals surface area contributed by atoms with E-state index < -0.39 is 11.9 Å². The van der Waals surface area contributed by atoms with Crippen LogP contribution in [-0.4, -0.2) is 39.2 Å². The second kappa shape index (κ2) is 12.9. The molecule has 0 aliphatic heterocycles. The molecule has 0 aliphatic carbocycles. The van der Waals surface area contributed by atoms with Crippen molar-refractivity contribution in [2.45, 2.75) is 32.7 Å². The number of hydrogen-bond donors (Lipinski definition) is 3. The van der Waals surface area contributed by atoms with Crippen molar-refractivity contribution in [1.29, 1.82) is 0 Å². The minimum absolute atomic E-state index is 0. The molecule has 2 aromatic heterocycles. The van der Waals surface area contributed by atoms with Crippen LogP contribution in [0.15, 0.2) is 85.2 Å². The van der Waals surface area contributed by atoms with Crippen LogP contribution in [-0.2, 0) is 16.0 Å². The van der Waals surface area contributed by atoms with Crippen molar-refractivity contribution >= 4 is 17.5 Å². The number of hydrogen-bond acceptors (Lipinski definition) is 6. The van der Waals surface area contributed by atoms with Crippen LogP contribution in [0.3, 0.4) is 0 Å². The minimum atomic E-state index is -0.769. The van der Waals surface area contributed by atoms with Crippen LogP contribution in [0.25, 0.3) is 16.9 Å². The van der Waals surface area contributed by atoms with Crippen LogP contribution in [0.5, 0.6) is 5.88 Å². The fourth-order valence-electron chi connectivity index (χ4n) is 3.67. The Kier molecular flexibility index (Phi) is 9.37. The molecule has 9 nitrogen and oxygen atoms in total. The predicted molar refractivity (Wildman–Crippen MR) is 144 cm³/mol. The monoisotopic (exact) mass is 500 g/mol. The Labute approximate surface area is 216 Å². The van der Waals surface area contributed by atoms with Gasteiger partial charge in [-0.3, -0.25) is 14.6 Å². The van der Waals surface area contributed by atoms with Gasteiger partial charge < -0.3 is 21.5 Å². The summed E-state index contributed by atoms with van der Waals surface area (Å²) in [6.45, 7) is 0.278. The van der Waals surface area contributed by atoms with Gasteiger partial charge in [0.15, 0.2) is 0 Å². The van der Waals surface area contributed by atoms with Gasteiger partial charge in [-0.05, 0) is 48.4 Å². The molecule has 4 rings (SSSR count). The zero-order chi connectivity index (χ0) is 25.3. The number of nitrogens with zero attached hydrogens (tertiary/aromatic N) is 3. The SMILES string of the molecule is C.NC(=O)[C@H](Cc1ccccc1)NC(=O)CCCOc1cc(-c2cccnc2)nn1-c1ccc(N)cc1. The van der Waals surface area contributed by atoms with E-state index in [1.807, 2.05) is 60.7 Å². The third-order valence-corrected chi connectivity index (χ3v) is 5.53. The summed E-state index contributed by atoms with van der Waals surface area (Å²) in [6.07, 6.45) is 4.40. The first-order valence-electron chi connectivity index (χ1n) is 11.6. The number of primary amides is 1. The molecular formula is C28H32N6O3. The van der Waals surface area contributed by atoms with E-state index in [-0.39, 0.29) is 26.4 Å². The molecule has 2 aromatic carbocycles. The molecule has 0 saturated carbocycles. The van der Waals surface area contributed by atoms with Crippen molar-refractivity contribution in [3.8, 4) is 22.8 Å². The lowest BCUT2D eigenvalue weighted by molar-refractivity contribution is -0.127. The van der Waals surface area contributed by atoms with Gasteiger partial charge in [-0.2, -0.15) is 5.10 Å². The Balaban J connectivity index is 0.00000380. The summed E-state index contributed by atoms with van der Waals surface area (Å²) in [5.41, 5.74) is 15.2. The van der Waals surface area contributed by atoms with E-state index >= 15 is 0 Å². The van der Waals surface area contributed by atoms with Crippen LogP contribution in [0.2, 0.25) is 0 Å². The Morgan fingerprint density at radius 3 is 2.46 bits per heavy atom. The van der Waals surface area contributed by atoms with Gasteiger partial charge in [0.05, 0.1) is 18.0 Å². The quantitative estimate of drug-likeness (QED) is 0.213. The number of aromatic nitrogens is 3. The summed E-state index contributed by atoms with van der Waals surface area (Å²) >= 11 is 0. The zero-order valence-electron chi connectivity index (χ0n) is 19.7. The van der Waals surface area contributed by atoms with Gasteiger partial charge >= 0.3 is 0 Å². The maximum Gasteiger partial charge on any atom is 0.240 e. The van der Waals surface area contributed by atoms with Gasteiger partial charge in [-0.25, -0.2) is 4.68 Å². The van der Waals surface area contributed by atoms with Crippen molar-refractivity contribution < 1.29 is 14.3 Å². The van der Waals surface area contributed by atoms with Crippen molar-refractivity contribution in [2.24, 2.45) is 5.73 Å². The number of nitrogens with two attached hydrogens (primary N) is 2. The lowest BCUT2D eigenvalue weighted by atomic mass is 10.1. The molecule has 4 aromatic rings. The zero-order valence-corrected chi connectivity index (χ0v) is 19.7. The standard InChI is InChI=1S/C27H28N6O3.CH4/c28-21-10-12-22(13-11-21)33-26(17-23(32-33)20-8-4-14-30-18-20)36-15-5-9-25(34)31-24(27(29)35)16-19-6-2-1-3-7-19;/h1-4,6-8,10-14,17-18,24H,5,9,15-16,28H2,(H2,29,35)(H,31,34);1H4/t24-;/m0./s1. The van der Waals surface area contributed by atoms with Gasteiger partial charge in [0, 0.05) is 42.6 Å². The van der Waals surface area contributed by atoms with Crippen LogP contribution in [0.1, 0.15) is 25.8 Å². The Bertz CT molecular complexity index is 1290. The first-order chi connectivity index (χ1) is 17.5. The number of ether oxygens (including phenoxy) is 1. The average Bonchev–Trinajstić information content (AvgIpc) is 3.32. The van der Waals surface area contributed by atoms with Gasteiger partial charge in [-0.1, -0.05) is 37.8 Å². The molecular weight excluding hydrogens is 468 g/mol. The number of rotatable bonds is 11. The summed E-state index contributed by atoms with van der Waals surface area (Å²) in [7, 11) is 0. The molecule has 2 amide bonds. The minimum Gasteiger partial charge on any atom is -0.478 e. The number of nitrogen functional groups attached to an aromatic ring is 1. The average molecular weight is 501 g/mol. The Hall–Kier alpha value is -4.66. The van der Waals surface area contributed by atoms with Crippen LogP contribution in [0.4, 0.5) is 5.69 Å². The molecule has 0 unspecified atom stereocenters. The molecule has 1 atom stereocenters. The van der Waals surface area contributed by atoms with Crippen molar-refractivity contribution in [3.05, 3.63) is 90.8 Å². The molecule has 192 valence electrons. The van der Waals surface area contributed by atoms with Crippen molar-refractivity contribution in [1.82, 2.24) is 20.1 Å². The Morgan fingerprint density at radius 2 is 1.78 bits per heavy atom. The topological polar surface area (TPSA) is 138 Å². The van der Waals surface area contributed by atoms with Crippen LogP contribution in [0, 0.1) is 0 Å². The number of anilines is 1. The smallest absolute Gasteiger partial charge is 0.240 e. The second-order valence-corrected chi connectivity index (χ2v) is 8.28. The third kappa shape index (κ3) is 7.41. The lowest BCUT2D eigenvalue weighted by Gasteiger charge is -2.15. The number of pyridine rings is 1.